The standard InChI is InChI=1S/C18H22O5S/c1-2-3-4-8-11-15-16(19)12-13-17(18(15)24(20,21)22)23-14-9-6-5-7-10-14/h5-7,9-10,12-13,19H,2-4,8,11H2,1H3,(H,20,21,22). The van der Waals surface area contributed by atoms with Crippen LogP contribution in [0.5, 0.6) is 17.2 Å². The molecular formula is C18H22O5S. The lowest BCUT2D eigenvalue weighted by atomic mass is 10.0. The number of unbranched alkanes of at least 4 members (excludes halogenated alkanes) is 3. The van der Waals surface area contributed by atoms with Gasteiger partial charge in [0, 0.05) is 5.56 Å². The predicted octanol–water partition coefficient (Wildman–Crippen LogP) is 4.55. The molecule has 24 heavy (non-hydrogen) atoms. The number of phenols is 1. The summed E-state index contributed by atoms with van der Waals surface area (Å²) in [5.41, 5.74) is 0.196. The Kier molecular flexibility index (Phi) is 6.23. The Balaban J connectivity index is 2.40. The van der Waals surface area contributed by atoms with Gasteiger partial charge in [-0.25, -0.2) is 0 Å². The highest BCUT2D eigenvalue weighted by atomic mass is 32.2. The van der Waals surface area contributed by atoms with Crippen molar-refractivity contribution in [2.24, 2.45) is 0 Å². The molecule has 5 nitrogen and oxygen atoms in total. The maximum atomic E-state index is 11.9. The molecule has 0 heterocycles. The molecule has 2 aromatic carbocycles. The third kappa shape index (κ3) is 4.72. The monoisotopic (exact) mass is 350 g/mol. The third-order valence-corrected chi connectivity index (χ3v) is 4.67. The van der Waals surface area contributed by atoms with E-state index in [-0.39, 0.29) is 22.0 Å². The Morgan fingerprint density at radius 3 is 2.33 bits per heavy atom. The van der Waals surface area contributed by atoms with E-state index in [0.717, 1.165) is 25.7 Å². The molecule has 0 saturated carbocycles. The SMILES string of the molecule is CCCCCCc1c(O)ccc(Oc2ccccc2)c1S(=O)(=O)O. The van der Waals surface area contributed by atoms with Gasteiger partial charge in [0.1, 0.15) is 22.1 Å². The number of aromatic hydroxyl groups is 1. The lowest BCUT2D eigenvalue weighted by molar-refractivity contribution is 0.431. The van der Waals surface area contributed by atoms with Crippen LogP contribution in [0.15, 0.2) is 47.4 Å². The minimum Gasteiger partial charge on any atom is -0.508 e. The largest absolute Gasteiger partial charge is 0.508 e. The fourth-order valence-corrected chi connectivity index (χ4v) is 3.43. The summed E-state index contributed by atoms with van der Waals surface area (Å²) in [6.07, 6.45) is 4.08. The highest BCUT2D eigenvalue weighted by molar-refractivity contribution is 7.86. The van der Waals surface area contributed by atoms with Crippen molar-refractivity contribution in [2.45, 2.75) is 43.9 Å². The van der Waals surface area contributed by atoms with Gasteiger partial charge in [0.05, 0.1) is 0 Å². The first kappa shape index (κ1) is 18.3. The average Bonchev–Trinajstić information content (AvgIpc) is 2.54. The van der Waals surface area contributed by atoms with Crippen LogP contribution in [0.4, 0.5) is 0 Å². The van der Waals surface area contributed by atoms with Crippen LogP contribution in [0.1, 0.15) is 38.2 Å². The van der Waals surface area contributed by atoms with Gasteiger partial charge in [-0.2, -0.15) is 8.42 Å². The molecule has 0 atom stereocenters. The quantitative estimate of drug-likeness (QED) is 0.539. The second-order valence-corrected chi connectivity index (χ2v) is 6.95. The molecule has 0 fully saturated rings. The molecule has 0 aliphatic rings. The minimum absolute atomic E-state index is 0.00647. The normalized spacial score (nSPS) is 11.4. The summed E-state index contributed by atoms with van der Waals surface area (Å²) in [4.78, 5) is -0.358. The topological polar surface area (TPSA) is 83.8 Å². The maximum absolute atomic E-state index is 11.9. The van der Waals surface area contributed by atoms with Crippen molar-refractivity contribution in [3.05, 3.63) is 48.0 Å². The van der Waals surface area contributed by atoms with Crippen LogP contribution < -0.4 is 4.74 Å². The van der Waals surface area contributed by atoms with E-state index in [1.807, 2.05) is 6.07 Å². The first-order chi connectivity index (χ1) is 11.4. The van der Waals surface area contributed by atoms with E-state index in [1.54, 1.807) is 24.3 Å². The van der Waals surface area contributed by atoms with Crippen LogP contribution in [0.2, 0.25) is 0 Å². The molecule has 0 aliphatic carbocycles. The Labute approximate surface area is 142 Å². The molecule has 0 spiro atoms. The second-order valence-electron chi connectivity index (χ2n) is 5.59. The molecule has 6 heteroatoms. The van der Waals surface area contributed by atoms with Crippen LogP contribution >= 0.6 is 0 Å². The Bertz CT molecular complexity index is 769. The van der Waals surface area contributed by atoms with Crippen LogP contribution in [-0.2, 0) is 16.5 Å². The summed E-state index contributed by atoms with van der Waals surface area (Å²) in [6, 6.07) is 11.4. The first-order valence-corrected chi connectivity index (χ1v) is 9.42. The number of rotatable bonds is 8. The van der Waals surface area contributed by atoms with Crippen LogP contribution in [-0.4, -0.2) is 18.1 Å². The van der Waals surface area contributed by atoms with Gasteiger partial charge in [0.25, 0.3) is 10.1 Å². The highest BCUT2D eigenvalue weighted by Gasteiger charge is 2.24. The summed E-state index contributed by atoms with van der Waals surface area (Å²) < 4.78 is 39.0. The summed E-state index contributed by atoms with van der Waals surface area (Å²) >= 11 is 0. The molecule has 130 valence electrons. The smallest absolute Gasteiger partial charge is 0.298 e. The van der Waals surface area contributed by atoms with Crippen LogP contribution in [0.3, 0.4) is 0 Å². The fraction of sp³-hybridized carbons (Fsp3) is 0.333. The summed E-state index contributed by atoms with van der Waals surface area (Å²) in [5.74, 6) is 0.302. The maximum Gasteiger partial charge on any atom is 0.298 e. The Hall–Kier alpha value is -2.05. The van der Waals surface area contributed by atoms with Gasteiger partial charge >= 0.3 is 0 Å². The van der Waals surface area contributed by atoms with E-state index >= 15 is 0 Å². The third-order valence-electron chi connectivity index (χ3n) is 3.71. The fourth-order valence-electron chi connectivity index (χ4n) is 2.54. The number of benzene rings is 2. The number of phenolic OH excluding ortho intramolecular Hbond substituents is 1. The molecule has 2 N–H and O–H groups in total. The van der Waals surface area contributed by atoms with Crippen molar-refractivity contribution in [1.29, 1.82) is 0 Å². The van der Waals surface area contributed by atoms with Crippen LogP contribution in [0.25, 0.3) is 0 Å². The zero-order valence-corrected chi connectivity index (χ0v) is 14.4. The van der Waals surface area contributed by atoms with E-state index in [2.05, 4.69) is 6.92 Å². The molecule has 0 aliphatic heterocycles. The van der Waals surface area contributed by atoms with Crippen molar-refractivity contribution < 1.29 is 22.8 Å². The van der Waals surface area contributed by atoms with E-state index < -0.39 is 10.1 Å². The highest BCUT2D eigenvalue weighted by Crippen LogP contribution is 2.37. The molecule has 2 rings (SSSR count). The summed E-state index contributed by atoms with van der Waals surface area (Å²) in [5, 5.41) is 10.1. The zero-order valence-electron chi connectivity index (χ0n) is 13.6. The first-order valence-electron chi connectivity index (χ1n) is 7.98. The van der Waals surface area contributed by atoms with Crippen molar-refractivity contribution >= 4 is 10.1 Å². The molecule has 0 radical (unpaired) electrons. The van der Waals surface area contributed by atoms with Crippen molar-refractivity contribution in [2.75, 3.05) is 0 Å². The minimum atomic E-state index is -4.53. The Morgan fingerprint density at radius 1 is 1.00 bits per heavy atom. The second kappa shape index (κ2) is 8.17. The molecule has 0 unspecified atom stereocenters. The molecule has 0 saturated heterocycles. The number of para-hydroxylation sites is 1. The van der Waals surface area contributed by atoms with Gasteiger partial charge in [-0.3, -0.25) is 4.55 Å². The lowest BCUT2D eigenvalue weighted by Gasteiger charge is -2.15. The summed E-state index contributed by atoms with van der Waals surface area (Å²) in [7, 11) is -4.53. The lowest BCUT2D eigenvalue weighted by Crippen LogP contribution is -2.06. The van der Waals surface area contributed by atoms with Gasteiger partial charge in [0.15, 0.2) is 0 Å². The molecule has 0 amide bonds. The van der Waals surface area contributed by atoms with E-state index in [4.69, 9.17) is 4.74 Å². The van der Waals surface area contributed by atoms with E-state index in [9.17, 15) is 18.1 Å². The van der Waals surface area contributed by atoms with E-state index in [1.165, 1.54) is 12.1 Å². The molecule has 2 aromatic rings. The molecular weight excluding hydrogens is 328 g/mol. The van der Waals surface area contributed by atoms with Gasteiger partial charge in [-0.05, 0) is 37.1 Å². The Morgan fingerprint density at radius 2 is 1.71 bits per heavy atom. The van der Waals surface area contributed by atoms with Gasteiger partial charge in [-0.15, -0.1) is 0 Å². The predicted molar refractivity (Wildman–Crippen MR) is 92.3 cm³/mol. The molecule has 0 bridgehead atoms. The number of hydrogen-bond donors (Lipinski definition) is 2. The van der Waals surface area contributed by atoms with Crippen molar-refractivity contribution in [3.8, 4) is 17.2 Å². The number of hydrogen-bond acceptors (Lipinski definition) is 4. The van der Waals surface area contributed by atoms with Crippen molar-refractivity contribution in [3.63, 3.8) is 0 Å². The number of ether oxygens (including phenoxy) is 1. The average molecular weight is 350 g/mol. The van der Waals surface area contributed by atoms with Crippen LogP contribution in [0, 0.1) is 0 Å². The van der Waals surface area contributed by atoms with E-state index in [0.29, 0.717) is 12.2 Å². The zero-order chi connectivity index (χ0) is 17.6. The van der Waals surface area contributed by atoms with Crippen molar-refractivity contribution in [1.82, 2.24) is 0 Å². The van der Waals surface area contributed by atoms with Gasteiger partial charge in [0.2, 0.25) is 0 Å². The van der Waals surface area contributed by atoms with Gasteiger partial charge in [-0.1, -0.05) is 44.4 Å². The van der Waals surface area contributed by atoms with Gasteiger partial charge < -0.3 is 9.84 Å². The molecule has 0 aromatic heterocycles. The summed E-state index contributed by atoms with van der Waals surface area (Å²) in [6.45, 7) is 2.08.